The summed E-state index contributed by atoms with van der Waals surface area (Å²) in [5.41, 5.74) is 2.29. The summed E-state index contributed by atoms with van der Waals surface area (Å²) in [5.74, 6) is -0.774. The molecule has 0 bridgehead atoms. The van der Waals surface area contributed by atoms with Crippen LogP contribution in [0.25, 0.3) is 10.9 Å². The second-order valence-corrected chi connectivity index (χ2v) is 6.78. The predicted molar refractivity (Wildman–Crippen MR) is 99.4 cm³/mol. The number of benzene rings is 1. The van der Waals surface area contributed by atoms with Crippen molar-refractivity contribution in [3.63, 3.8) is 0 Å². The number of aryl methyl sites for hydroxylation is 1. The number of hydrogen-bond donors (Lipinski definition) is 1. The number of aromatic nitrogens is 1. The maximum Gasteiger partial charge on any atom is 0.341 e. The average Bonchev–Trinajstić information content (AvgIpc) is 2.88. The first-order valence-electron chi connectivity index (χ1n) is 7.95. The van der Waals surface area contributed by atoms with Gasteiger partial charge in [-0.05, 0) is 38.5 Å². The van der Waals surface area contributed by atoms with Gasteiger partial charge < -0.3 is 10.1 Å². The maximum absolute atomic E-state index is 12.6. The number of carbonyl (C=O) groups is 2. The van der Waals surface area contributed by atoms with E-state index in [1.54, 1.807) is 13.0 Å². The monoisotopic (exact) mass is 354 g/mol. The minimum absolute atomic E-state index is 0.285. The third-order valence-corrected chi connectivity index (χ3v) is 5.05. The van der Waals surface area contributed by atoms with Gasteiger partial charge in [0.1, 0.15) is 10.7 Å². The van der Waals surface area contributed by atoms with Crippen LogP contribution in [-0.4, -0.2) is 23.5 Å². The smallest absolute Gasteiger partial charge is 0.341 e. The van der Waals surface area contributed by atoms with E-state index in [-0.39, 0.29) is 12.5 Å². The van der Waals surface area contributed by atoms with Crippen molar-refractivity contribution in [1.82, 2.24) is 4.98 Å². The zero-order chi connectivity index (χ0) is 18.0. The number of thiophene rings is 1. The first kappa shape index (κ1) is 17.1. The number of nitrogens with zero attached hydrogens (tertiary/aromatic N) is 1. The number of pyridine rings is 1. The number of carbonyl (C=O) groups excluding carboxylic acids is 2. The van der Waals surface area contributed by atoms with E-state index in [0.717, 1.165) is 21.3 Å². The van der Waals surface area contributed by atoms with Crippen LogP contribution in [0.1, 0.15) is 38.2 Å². The van der Waals surface area contributed by atoms with Crippen LogP contribution in [-0.2, 0) is 4.74 Å². The largest absolute Gasteiger partial charge is 0.462 e. The Morgan fingerprint density at radius 2 is 1.92 bits per heavy atom. The number of fused-ring (bicyclic) bond motifs is 1. The van der Waals surface area contributed by atoms with E-state index in [4.69, 9.17) is 4.74 Å². The van der Waals surface area contributed by atoms with Crippen LogP contribution < -0.4 is 5.32 Å². The van der Waals surface area contributed by atoms with E-state index < -0.39 is 5.97 Å². The minimum atomic E-state index is -0.425. The molecule has 3 rings (SSSR count). The van der Waals surface area contributed by atoms with Gasteiger partial charge in [-0.3, -0.25) is 4.79 Å². The molecule has 0 spiro atoms. The normalized spacial score (nSPS) is 10.7. The number of ether oxygens (including phenoxy) is 1. The number of hydrogen-bond acceptors (Lipinski definition) is 5. The van der Waals surface area contributed by atoms with E-state index in [1.807, 2.05) is 44.2 Å². The summed E-state index contributed by atoms with van der Waals surface area (Å²) < 4.78 is 5.11. The fourth-order valence-corrected chi connectivity index (χ4v) is 3.57. The van der Waals surface area contributed by atoms with E-state index in [1.165, 1.54) is 11.3 Å². The molecule has 25 heavy (non-hydrogen) atoms. The molecule has 6 heteroatoms. The van der Waals surface area contributed by atoms with Gasteiger partial charge in [-0.25, -0.2) is 9.78 Å². The van der Waals surface area contributed by atoms with Crippen molar-refractivity contribution in [2.45, 2.75) is 20.8 Å². The van der Waals surface area contributed by atoms with Crippen molar-refractivity contribution in [1.29, 1.82) is 0 Å². The molecule has 0 fully saturated rings. The van der Waals surface area contributed by atoms with Gasteiger partial charge in [0.05, 0.1) is 17.7 Å². The predicted octanol–water partition coefficient (Wildman–Crippen LogP) is 4.34. The molecule has 0 radical (unpaired) electrons. The molecule has 5 nitrogen and oxygen atoms in total. The quantitative estimate of drug-likeness (QED) is 0.708. The van der Waals surface area contributed by atoms with Crippen molar-refractivity contribution in [2.75, 3.05) is 11.9 Å². The molecule has 1 amide bonds. The molecule has 2 heterocycles. The highest BCUT2D eigenvalue weighted by Gasteiger charge is 2.22. The highest BCUT2D eigenvalue weighted by molar-refractivity contribution is 7.16. The lowest BCUT2D eigenvalue weighted by molar-refractivity contribution is 0.0527. The Labute approximate surface area is 149 Å². The molecule has 3 aromatic rings. The second kappa shape index (κ2) is 7.03. The van der Waals surface area contributed by atoms with Crippen molar-refractivity contribution in [3.8, 4) is 0 Å². The molecule has 0 saturated heterocycles. The van der Waals surface area contributed by atoms with Gasteiger partial charge in [-0.15, -0.1) is 11.3 Å². The fourth-order valence-electron chi connectivity index (χ4n) is 2.52. The number of nitrogens with one attached hydrogen (secondary N) is 1. The molecule has 128 valence electrons. The highest BCUT2D eigenvalue weighted by Crippen LogP contribution is 2.33. The van der Waals surface area contributed by atoms with Crippen molar-refractivity contribution in [3.05, 3.63) is 58.1 Å². The Hall–Kier alpha value is -2.73. The van der Waals surface area contributed by atoms with Crippen molar-refractivity contribution >= 4 is 39.1 Å². The number of anilines is 1. The van der Waals surface area contributed by atoms with Crippen LogP contribution in [0.4, 0.5) is 5.00 Å². The Kier molecular flexibility index (Phi) is 4.81. The lowest BCUT2D eigenvalue weighted by Crippen LogP contribution is -2.16. The van der Waals surface area contributed by atoms with Gasteiger partial charge in [0.25, 0.3) is 5.91 Å². The Bertz CT molecular complexity index is 962. The minimum Gasteiger partial charge on any atom is -0.462 e. The summed E-state index contributed by atoms with van der Waals surface area (Å²) in [7, 11) is 0. The van der Waals surface area contributed by atoms with Gasteiger partial charge in [-0.1, -0.05) is 24.3 Å². The van der Waals surface area contributed by atoms with Crippen LogP contribution in [0.15, 0.2) is 36.4 Å². The zero-order valence-corrected chi connectivity index (χ0v) is 15.1. The van der Waals surface area contributed by atoms with E-state index >= 15 is 0 Å². The van der Waals surface area contributed by atoms with Crippen molar-refractivity contribution in [2.24, 2.45) is 0 Å². The molecule has 1 aromatic carbocycles. The summed E-state index contributed by atoms with van der Waals surface area (Å²) >= 11 is 1.36. The summed E-state index contributed by atoms with van der Waals surface area (Å²) in [4.78, 5) is 30.2. The van der Waals surface area contributed by atoms with Crippen molar-refractivity contribution < 1.29 is 14.3 Å². The number of para-hydroxylation sites is 1. The number of rotatable bonds is 4. The zero-order valence-electron chi connectivity index (χ0n) is 14.3. The topological polar surface area (TPSA) is 68.3 Å². The van der Waals surface area contributed by atoms with Crippen LogP contribution in [0.3, 0.4) is 0 Å². The van der Waals surface area contributed by atoms with E-state index in [2.05, 4.69) is 10.3 Å². The first-order chi connectivity index (χ1) is 12.0. The van der Waals surface area contributed by atoms with Gasteiger partial charge >= 0.3 is 5.97 Å². The Morgan fingerprint density at radius 1 is 1.16 bits per heavy atom. The molecule has 1 N–H and O–H groups in total. The number of esters is 1. The fraction of sp³-hybridized carbons (Fsp3) is 0.211. The number of amides is 1. The molecular formula is C19H18N2O3S. The van der Waals surface area contributed by atoms with Crippen LogP contribution in [0, 0.1) is 13.8 Å². The average molecular weight is 354 g/mol. The van der Waals surface area contributed by atoms with Crippen LogP contribution >= 0.6 is 11.3 Å². The maximum atomic E-state index is 12.6. The summed E-state index contributed by atoms with van der Waals surface area (Å²) in [5, 5.41) is 4.27. The Balaban J connectivity index is 1.92. The van der Waals surface area contributed by atoms with Gasteiger partial charge in [0.2, 0.25) is 0 Å². The molecule has 0 aliphatic rings. The lowest BCUT2D eigenvalue weighted by atomic mass is 10.1. The third kappa shape index (κ3) is 3.39. The summed E-state index contributed by atoms with van der Waals surface area (Å²) in [6.45, 7) is 5.80. The molecule has 0 aliphatic carbocycles. The summed E-state index contributed by atoms with van der Waals surface area (Å²) in [6, 6.07) is 11.1. The van der Waals surface area contributed by atoms with Crippen LogP contribution in [0.5, 0.6) is 0 Å². The summed E-state index contributed by atoms with van der Waals surface area (Å²) in [6.07, 6.45) is 0. The standard InChI is InChI=1S/C19H18N2O3S/c1-4-24-19(23)16-11(2)12(3)25-18(16)21-17(22)15-10-9-13-7-5-6-8-14(13)20-15/h5-10H,4H2,1-3H3,(H,21,22). The van der Waals surface area contributed by atoms with Gasteiger partial charge in [-0.2, -0.15) is 0 Å². The van der Waals surface area contributed by atoms with Gasteiger partial charge in [0, 0.05) is 10.3 Å². The van der Waals surface area contributed by atoms with E-state index in [0.29, 0.717) is 16.3 Å². The molecule has 0 aliphatic heterocycles. The molecule has 0 unspecified atom stereocenters. The van der Waals surface area contributed by atoms with E-state index in [9.17, 15) is 9.59 Å². The van der Waals surface area contributed by atoms with Crippen LogP contribution in [0.2, 0.25) is 0 Å². The Morgan fingerprint density at radius 3 is 2.68 bits per heavy atom. The molecule has 0 atom stereocenters. The molecule has 0 saturated carbocycles. The highest BCUT2D eigenvalue weighted by atomic mass is 32.1. The molecular weight excluding hydrogens is 336 g/mol. The first-order valence-corrected chi connectivity index (χ1v) is 8.77. The SMILES string of the molecule is CCOC(=O)c1c(NC(=O)c2ccc3ccccc3n2)sc(C)c1C. The lowest BCUT2D eigenvalue weighted by Gasteiger charge is -2.07. The molecule has 2 aromatic heterocycles. The third-order valence-electron chi connectivity index (χ3n) is 3.92. The second-order valence-electron chi connectivity index (χ2n) is 5.55. The van der Waals surface area contributed by atoms with Gasteiger partial charge in [0.15, 0.2) is 0 Å².